The summed E-state index contributed by atoms with van der Waals surface area (Å²) in [4.78, 5) is 18.3. The average molecular weight is 547 g/mol. The first-order chi connectivity index (χ1) is 18.6. The lowest BCUT2D eigenvalue weighted by Gasteiger charge is -2.41. The maximum Gasteiger partial charge on any atom is 0.303 e. The molecule has 39 heavy (non-hydrogen) atoms. The number of benzene rings is 2. The van der Waals surface area contributed by atoms with Crippen molar-refractivity contribution in [3.05, 3.63) is 70.7 Å². The molecule has 1 aromatic heterocycles. The monoisotopic (exact) mass is 546 g/mol. The lowest BCUT2D eigenvalue weighted by Crippen LogP contribution is -2.41. The molecule has 2 aromatic carbocycles. The number of ether oxygens (including phenoxy) is 1. The molecule has 9 heteroatoms. The summed E-state index contributed by atoms with van der Waals surface area (Å²) in [5.74, 6) is -3.31. The van der Waals surface area contributed by atoms with Crippen molar-refractivity contribution in [3.63, 3.8) is 0 Å². The fourth-order valence-electron chi connectivity index (χ4n) is 5.78. The normalized spacial score (nSPS) is 16.4. The van der Waals surface area contributed by atoms with Crippen molar-refractivity contribution >= 4 is 16.9 Å². The van der Waals surface area contributed by atoms with Gasteiger partial charge in [0, 0.05) is 17.6 Å². The van der Waals surface area contributed by atoms with Crippen LogP contribution < -0.4 is 4.74 Å². The molecule has 210 valence electrons. The molecule has 0 radical (unpaired) electrons. The number of nitrogens with zero attached hydrogens (tertiary/aromatic N) is 2. The number of pyridine rings is 1. The Bertz CT molecular complexity index is 1330. The first kappa shape index (κ1) is 28.8. The number of aryl methyl sites for hydroxylation is 2. The van der Waals surface area contributed by atoms with E-state index in [0.29, 0.717) is 73.6 Å². The summed E-state index contributed by atoms with van der Waals surface area (Å²) >= 11 is 0. The van der Waals surface area contributed by atoms with Crippen LogP contribution in [-0.2, 0) is 11.2 Å². The highest BCUT2D eigenvalue weighted by Gasteiger charge is 2.37. The summed E-state index contributed by atoms with van der Waals surface area (Å²) in [6.07, 6.45) is 2.85. The number of halogens is 4. The van der Waals surface area contributed by atoms with Crippen LogP contribution in [0.3, 0.4) is 0 Å². The molecule has 0 saturated carbocycles. The van der Waals surface area contributed by atoms with Crippen molar-refractivity contribution in [2.75, 3.05) is 26.7 Å². The van der Waals surface area contributed by atoms with Gasteiger partial charge in [-0.2, -0.15) is 0 Å². The van der Waals surface area contributed by atoms with Crippen LogP contribution in [-0.4, -0.2) is 47.7 Å². The third kappa shape index (κ3) is 6.87. The van der Waals surface area contributed by atoms with Crippen LogP contribution in [0.15, 0.2) is 36.5 Å². The predicted octanol–water partition coefficient (Wildman–Crippen LogP) is 6.95. The molecule has 1 aliphatic rings. The molecular weight excluding hydrogens is 512 g/mol. The highest BCUT2D eigenvalue weighted by molar-refractivity contribution is 5.85. The summed E-state index contributed by atoms with van der Waals surface area (Å²) in [5.41, 5.74) is 1.45. The van der Waals surface area contributed by atoms with Gasteiger partial charge in [0.1, 0.15) is 17.7 Å². The van der Waals surface area contributed by atoms with Gasteiger partial charge in [-0.3, -0.25) is 9.78 Å². The average Bonchev–Trinajstić information content (AvgIpc) is 2.90. The van der Waals surface area contributed by atoms with E-state index in [1.54, 1.807) is 31.5 Å². The number of hydrogen-bond donors (Lipinski definition) is 1. The number of methoxy groups -OCH3 is 1. The molecule has 1 saturated heterocycles. The van der Waals surface area contributed by atoms with E-state index in [9.17, 15) is 23.1 Å². The highest BCUT2D eigenvalue weighted by Crippen LogP contribution is 2.43. The fourth-order valence-corrected chi connectivity index (χ4v) is 5.78. The lowest BCUT2D eigenvalue weighted by atomic mass is 9.71. The largest absolute Gasteiger partial charge is 0.497 e. The Kier molecular flexibility index (Phi) is 9.10. The van der Waals surface area contributed by atoms with Crippen molar-refractivity contribution in [2.24, 2.45) is 5.41 Å². The van der Waals surface area contributed by atoms with E-state index < -0.39 is 35.0 Å². The number of hydrogen-bond acceptors (Lipinski definition) is 4. The third-order valence-corrected chi connectivity index (χ3v) is 7.99. The maximum atomic E-state index is 15.8. The molecule has 2 heterocycles. The van der Waals surface area contributed by atoms with Crippen LogP contribution in [0.25, 0.3) is 10.9 Å². The van der Waals surface area contributed by atoms with Gasteiger partial charge in [0.2, 0.25) is 0 Å². The van der Waals surface area contributed by atoms with Gasteiger partial charge in [-0.25, -0.2) is 17.6 Å². The molecule has 5 nitrogen and oxygen atoms in total. The van der Waals surface area contributed by atoms with Crippen LogP contribution in [0.5, 0.6) is 5.75 Å². The Morgan fingerprint density at radius 2 is 1.92 bits per heavy atom. The molecule has 0 amide bonds. The Morgan fingerprint density at radius 3 is 2.62 bits per heavy atom. The second-order valence-electron chi connectivity index (χ2n) is 10.6. The zero-order valence-corrected chi connectivity index (χ0v) is 22.3. The van der Waals surface area contributed by atoms with Crippen molar-refractivity contribution in [3.8, 4) is 5.75 Å². The Hall–Kier alpha value is -3.20. The topological polar surface area (TPSA) is 62.7 Å². The van der Waals surface area contributed by atoms with Gasteiger partial charge >= 0.3 is 5.97 Å². The molecule has 0 aliphatic carbocycles. The SMILES string of the molecule is COc1ccc2ncc(C)c(C(F)CCC3(CC(=O)O)CCN(CCCc4cc(F)cc(F)c4F)CC3)c2c1. The fraction of sp³-hybridized carbons (Fsp3) is 0.467. The number of piperidine rings is 1. The summed E-state index contributed by atoms with van der Waals surface area (Å²) in [6, 6.07) is 6.91. The molecule has 0 spiro atoms. The van der Waals surface area contributed by atoms with Crippen LogP contribution >= 0.6 is 0 Å². The van der Waals surface area contributed by atoms with E-state index in [-0.39, 0.29) is 24.8 Å². The minimum Gasteiger partial charge on any atom is -0.497 e. The minimum absolute atomic E-state index is 0.00951. The second kappa shape index (κ2) is 12.3. The standard InChI is InChI=1S/C30H34F4N2O3/c1-19-18-35-26-6-5-22(39-2)16-23(26)28(19)24(32)7-8-30(17-27(37)38)9-12-36(13-10-30)11-3-4-20-14-21(31)15-25(33)29(20)34/h5-6,14-16,18,24H,3-4,7-13,17H2,1-2H3,(H,37,38). The first-order valence-electron chi connectivity index (χ1n) is 13.3. The quantitative estimate of drug-likeness (QED) is 0.208. The minimum atomic E-state index is -1.28. The second-order valence-corrected chi connectivity index (χ2v) is 10.6. The summed E-state index contributed by atoms with van der Waals surface area (Å²) < 4.78 is 62.0. The van der Waals surface area contributed by atoms with E-state index in [0.717, 1.165) is 11.6 Å². The van der Waals surface area contributed by atoms with Crippen molar-refractivity contribution < 1.29 is 32.2 Å². The number of fused-ring (bicyclic) bond motifs is 1. The van der Waals surface area contributed by atoms with Gasteiger partial charge in [-0.05, 0) is 111 Å². The molecule has 4 rings (SSSR count). The lowest BCUT2D eigenvalue weighted by molar-refractivity contribution is -0.141. The van der Waals surface area contributed by atoms with Crippen LogP contribution in [0.1, 0.15) is 61.4 Å². The molecular formula is C30H34F4N2O3. The molecule has 1 fully saturated rings. The van der Waals surface area contributed by atoms with E-state index in [1.165, 1.54) is 0 Å². The Balaban J connectivity index is 1.39. The third-order valence-electron chi connectivity index (χ3n) is 7.99. The smallest absolute Gasteiger partial charge is 0.303 e. The first-order valence-corrected chi connectivity index (χ1v) is 13.3. The van der Waals surface area contributed by atoms with Gasteiger partial charge in [0.05, 0.1) is 19.0 Å². The van der Waals surface area contributed by atoms with Crippen molar-refractivity contribution in [1.82, 2.24) is 9.88 Å². The number of rotatable bonds is 11. The number of carboxylic acid groups (broad SMARTS) is 1. The zero-order valence-electron chi connectivity index (χ0n) is 22.3. The zero-order chi connectivity index (χ0) is 28.2. The highest BCUT2D eigenvalue weighted by atomic mass is 19.2. The maximum absolute atomic E-state index is 15.8. The molecule has 1 aliphatic heterocycles. The number of carbonyl (C=O) groups is 1. The van der Waals surface area contributed by atoms with Crippen LogP contribution in [0.2, 0.25) is 0 Å². The molecule has 1 N–H and O–H groups in total. The molecule has 1 unspecified atom stereocenters. The van der Waals surface area contributed by atoms with Gasteiger partial charge in [0.15, 0.2) is 11.6 Å². The van der Waals surface area contributed by atoms with Gasteiger partial charge in [-0.15, -0.1) is 0 Å². The van der Waals surface area contributed by atoms with E-state index in [2.05, 4.69) is 9.88 Å². The summed E-state index contributed by atoms with van der Waals surface area (Å²) in [5, 5.41) is 10.3. The summed E-state index contributed by atoms with van der Waals surface area (Å²) in [6.45, 7) is 3.66. The number of aliphatic carboxylic acids is 1. The van der Waals surface area contributed by atoms with Crippen molar-refractivity contribution in [1.29, 1.82) is 0 Å². The van der Waals surface area contributed by atoms with Gasteiger partial charge in [0.25, 0.3) is 0 Å². The molecule has 3 aromatic rings. The molecule has 0 bridgehead atoms. The molecule has 1 atom stereocenters. The number of aromatic nitrogens is 1. The number of carboxylic acids is 1. The van der Waals surface area contributed by atoms with E-state index in [4.69, 9.17) is 4.74 Å². The summed E-state index contributed by atoms with van der Waals surface area (Å²) in [7, 11) is 1.55. The van der Waals surface area contributed by atoms with Crippen LogP contribution in [0, 0.1) is 29.8 Å². The van der Waals surface area contributed by atoms with Gasteiger partial charge < -0.3 is 14.7 Å². The number of alkyl halides is 1. The predicted molar refractivity (Wildman–Crippen MR) is 141 cm³/mol. The Labute approximate surface area is 225 Å². The van der Waals surface area contributed by atoms with Crippen LogP contribution in [0.4, 0.5) is 17.6 Å². The Morgan fingerprint density at radius 1 is 1.18 bits per heavy atom. The van der Waals surface area contributed by atoms with Crippen molar-refractivity contribution in [2.45, 2.75) is 58.0 Å². The van der Waals surface area contributed by atoms with Gasteiger partial charge in [-0.1, -0.05) is 0 Å². The van der Waals surface area contributed by atoms with E-state index >= 15 is 4.39 Å². The number of likely N-dealkylation sites (tertiary alicyclic amines) is 1. The van der Waals surface area contributed by atoms with E-state index in [1.807, 2.05) is 6.92 Å².